The Bertz CT molecular complexity index is 367. The zero-order valence-electron chi connectivity index (χ0n) is 8.88. The van der Waals surface area contributed by atoms with Crippen LogP contribution >= 0.6 is 11.6 Å². The minimum absolute atomic E-state index is 0.370. The lowest BCUT2D eigenvalue weighted by Crippen LogP contribution is -2.47. The van der Waals surface area contributed by atoms with Crippen molar-refractivity contribution in [3.63, 3.8) is 0 Å². The first-order chi connectivity index (χ1) is 6.98. The van der Waals surface area contributed by atoms with E-state index in [1.165, 1.54) is 0 Å². The van der Waals surface area contributed by atoms with Crippen molar-refractivity contribution in [2.75, 3.05) is 5.32 Å². The predicted octanol–water partition coefficient (Wildman–Crippen LogP) is 2.41. The summed E-state index contributed by atoms with van der Waals surface area (Å²) in [5.41, 5.74) is 5.40. The second-order valence-corrected chi connectivity index (χ2v) is 4.12. The van der Waals surface area contributed by atoms with Gasteiger partial charge in [0.15, 0.2) is 0 Å². The zero-order chi connectivity index (χ0) is 11.5. The second-order valence-electron chi connectivity index (χ2n) is 3.69. The Morgan fingerprint density at radius 1 is 1.60 bits per heavy atom. The maximum atomic E-state index is 11.3. The summed E-state index contributed by atoms with van der Waals surface area (Å²) in [6.07, 6.45) is 0.620. The number of carbonyl (C=O) groups is 1. The summed E-state index contributed by atoms with van der Waals surface area (Å²) in [5.74, 6) is -0.370. The molecule has 15 heavy (non-hydrogen) atoms. The molecule has 0 aliphatic carbocycles. The van der Waals surface area contributed by atoms with Crippen LogP contribution in [0.3, 0.4) is 0 Å². The van der Waals surface area contributed by atoms with Crippen LogP contribution in [-0.4, -0.2) is 11.4 Å². The van der Waals surface area contributed by atoms with Gasteiger partial charge >= 0.3 is 0 Å². The van der Waals surface area contributed by atoms with E-state index in [2.05, 4.69) is 5.32 Å². The monoisotopic (exact) mass is 226 g/mol. The van der Waals surface area contributed by atoms with E-state index in [0.29, 0.717) is 11.4 Å². The first kappa shape index (κ1) is 11.9. The van der Waals surface area contributed by atoms with Gasteiger partial charge in [-0.15, -0.1) is 0 Å². The molecule has 0 saturated carbocycles. The Hall–Kier alpha value is -1.22. The van der Waals surface area contributed by atoms with E-state index in [9.17, 15) is 4.79 Å². The van der Waals surface area contributed by atoms with Crippen molar-refractivity contribution in [2.24, 2.45) is 5.73 Å². The number of hydrogen-bond donors (Lipinski definition) is 2. The summed E-state index contributed by atoms with van der Waals surface area (Å²) >= 11 is 5.84. The fourth-order valence-corrected chi connectivity index (χ4v) is 1.40. The highest BCUT2D eigenvalue weighted by atomic mass is 35.5. The average molecular weight is 227 g/mol. The van der Waals surface area contributed by atoms with E-state index in [4.69, 9.17) is 17.3 Å². The van der Waals surface area contributed by atoms with Gasteiger partial charge in [-0.2, -0.15) is 0 Å². The van der Waals surface area contributed by atoms with Gasteiger partial charge in [-0.3, -0.25) is 4.79 Å². The molecular weight excluding hydrogens is 212 g/mol. The van der Waals surface area contributed by atoms with Crippen LogP contribution in [0.1, 0.15) is 20.3 Å². The number of anilines is 1. The van der Waals surface area contributed by atoms with Gasteiger partial charge in [0, 0.05) is 10.7 Å². The smallest absolute Gasteiger partial charge is 0.242 e. The number of rotatable bonds is 4. The molecule has 0 spiro atoms. The molecule has 1 rings (SSSR count). The molecule has 0 heterocycles. The Labute approximate surface area is 94.6 Å². The number of carbonyl (C=O) groups excluding carboxylic acids is 1. The average Bonchev–Trinajstić information content (AvgIpc) is 2.17. The minimum Gasteiger partial charge on any atom is -0.371 e. The molecular formula is C11H15ClN2O. The number of primary amides is 1. The van der Waals surface area contributed by atoms with Crippen LogP contribution in [-0.2, 0) is 4.79 Å². The van der Waals surface area contributed by atoms with Crippen LogP contribution in [0.4, 0.5) is 5.69 Å². The number of nitrogens with one attached hydrogen (secondary N) is 1. The summed E-state index contributed by atoms with van der Waals surface area (Å²) in [5, 5.41) is 3.71. The van der Waals surface area contributed by atoms with E-state index >= 15 is 0 Å². The van der Waals surface area contributed by atoms with E-state index in [0.717, 1.165) is 5.69 Å². The van der Waals surface area contributed by atoms with Crippen LogP contribution in [0, 0.1) is 0 Å². The molecule has 1 amide bonds. The van der Waals surface area contributed by atoms with Crippen LogP contribution in [0.2, 0.25) is 5.02 Å². The Kier molecular flexibility index (Phi) is 3.58. The van der Waals surface area contributed by atoms with Crippen LogP contribution < -0.4 is 11.1 Å². The first-order valence-electron chi connectivity index (χ1n) is 4.81. The number of benzene rings is 1. The Morgan fingerprint density at radius 2 is 2.27 bits per heavy atom. The molecule has 1 aromatic rings. The molecule has 1 unspecified atom stereocenters. The molecule has 0 radical (unpaired) electrons. The van der Waals surface area contributed by atoms with Crippen molar-refractivity contribution in [1.29, 1.82) is 0 Å². The van der Waals surface area contributed by atoms with Crippen LogP contribution in [0.25, 0.3) is 0 Å². The summed E-state index contributed by atoms with van der Waals surface area (Å²) in [4.78, 5) is 11.3. The van der Waals surface area contributed by atoms with Crippen molar-refractivity contribution in [1.82, 2.24) is 0 Å². The number of nitrogens with two attached hydrogens (primary N) is 1. The van der Waals surface area contributed by atoms with E-state index < -0.39 is 5.54 Å². The molecule has 0 bridgehead atoms. The van der Waals surface area contributed by atoms with Gasteiger partial charge in [0.2, 0.25) is 5.91 Å². The molecule has 0 fully saturated rings. The zero-order valence-corrected chi connectivity index (χ0v) is 9.64. The van der Waals surface area contributed by atoms with Gasteiger partial charge in [-0.1, -0.05) is 24.6 Å². The van der Waals surface area contributed by atoms with E-state index in [-0.39, 0.29) is 5.91 Å². The molecule has 0 aliphatic heterocycles. The van der Waals surface area contributed by atoms with Gasteiger partial charge in [0.1, 0.15) is 5.54 Å². The topological polar surface area (TPSA) is 55.1 Å². The maximum Gasteiger partial charge on any atom is 0.242 e. The second kappa shape index (κ2) is 4.53. The van der Waals surface area contributed by atoms with Crippen LogP contribution in [0.5, 0.6) is 0 Å². The highest BCUT2D eigenvalue weighted by Crippen LogP contribution is 2.21. The Morgan fingerprint density at radius 3 is 2.73 bits per heavy atom. The number of hydrogen-bond acceptors (Lipinski definition) is 2. The van der Waals surface area contributed by atoms with E-state index in [1.54, 1.807) is 19.1 Å². The molecule has 1 atom stereocenters. The Balaban J connectivity index is 2.89. The fraction of sp³-hybridized carbons (Fsp3) is 0.364. The van der Waals surface area contributed by atoms with E-state index in [1.807, 2.05) is 19.1 Å². The van der Waals surface area contributed by atoms with Gasteiger partial charge < -0.3 is 11.1 Å². The minimum atomic E-state index is -0.731. The fourth-order valence-electron chi connectivity index (χ4n) is 1.21. The first-order valence-corrected chi connectivity index (χ1v) is 5.19. The molecule has 0 aliphatic rings. The summed E-state index contributed by atoms with van der Waals surface area (Å²) in [6, 6.07) is 7.21. The quantitative estimate of drug-likeness (QED) is 0.829. The van der Waals surface area contributed by atoms with Crippen molar-refractivity contribution in [3.05, 3.63) is 29.3 Å². The summed E-state index contributed by atoms with van der Waals surface area (Å²) < 4.78 is 0. The van der Waals surface area contributed by atoms with Crippen molar-refractivity contribution in [3.8, 4) is 0 Å². The van der Waals surface area contributed by atoms with Crippen molar-refractivity contribution >= 4 is 23.2 Å². The van der Waals surface area contributed by atoms with Gasteiger partial charge in [0.05, 0.1) is 0 Å². The lowest BCUT2D eigenvalue weighted by Gasteiger charge is -2.27. The van der Waals surface area contributed by atoms with Gasteiger partial charge in [-0.25, -0.2) is 0 Å². The molecule has 0 aromatic heterocycles. The molecule has 82 valence electrons. The maximum absolute atomic E-state index is 11.3. The highest BCUT2D eigenvalue weighted by molar-refractivity contribution is 6.30. The molecule has 1 aromatic carbocycles. The third-order valence-electron chi connectivity index (χ3n) is 2.50. The lowest BCUT2D eigenvalue weighted by atomic mass is 9.97. The third kappa shape index (κ3) is 2.86. The predicted molar refractivity (Wildman–Crippen MR) is 63.0 cm³/mol. The molecule has 4 heteroatoms. The number of halogens is 1. The van der Waals surface area contributed by atoms with Gasteiger partial charge in [-0.05, 0) is 31.5 Å². The molecule has 3 N–H and O–H groups in total. The van der Waals surface area contributed by atoms with Crippen molar-refractivity contribution < 1.29 is 4.79 Å². The van der Waals surface area contributed by atoms with Crippen molar-refractivity contribution in [2.45, 2.75) is 25.8 Å². The SMILES string of the molecule is CCC(C)(Nc1cccc(Cl)c1)C(N)=O. The van der Waals surface area contributed by atoms with Crippen LogP contribution in [0.15, 0.2) is 24.3 Å². The van der Waals surface area contributed by atoms with Gasteiger partial charge in [0.25, 0.3) is 0 Å². The normalized spacial score (nSPS) is 14.3. The standard InChI is InChI=1S/C11H15ClN2O/c1-3-11(2,10(13)15)14-9-6-4-5-8(12)7-9/h4-7,14H,3H2,1-2H3,(H2,13,15). The largest absolute Gasteiger partial charge is 0.371 e. The highest BCUT2D eigenvalue weighted by Gasteiger charge is 2.28. The summed E-state index contributed by atoms with van der Waals surface area (Å²) in [7, 11) is 0. The summed E-state index contributed by atoms with van der Waals surface area (Å²) in [6.45, 7) is 3.68. The lowest BCUT2D eigenvalue weighted by molar-refractivity contribution is -0.121. The molecule has 0 saturated heterocycles. The number of amides is 1. The third-order valence-corrected chi connectivity index (χ3v) is 2.73. The molecule has 3 nitrogen and oxygen atoms in total.